The molecule has 2 atom stereocenters. The first-order valence-electron chi connectivity index (χ1n) is 8.49. The first-order valence-corrected chi connectivity index (χ1v) is 8.49. The minimum Gasteiger partial charge on any atom is -0.481 e. The fraction of sp³-hybridized carbons (Fsp3) is 0.250. The molecule has 0 saturated carbocycles. The van der Waals surface area contributed by atoms with E-state index in [1.54, 1.807) is 12.1 Å². The van der Waals surface area contributed by atoms with Crippen LogP contribution in [-0.2, 0) is 32.1 Å². The van der Waals surface area contributed by atoms with Crippen LogP contribution in [0, 0.1) is 0 Å². The van der Waals surface area contributed by atoms with E-state index in [2.05, 4.69) is 0 Å². The van der Waals surface area contributed by atoms with E-state index in [1.165, 1.54) is 0 Å². The standard InChI is InChI=1S/C11H13NO4.C9H11NO2/c12-9(6-10(13)14)11(15)16-7-8-4-2-1-3-5-8;10-8(9(11)12)6-7-4-2-1-3-5-7/h1-5,9H,6-7,12H2,(H,13,14);1-5,8H,6,10H2,(H,11,12). The lowest BCUT2D eigenvalue weighted by atomic mass is 10.1. The number of aliphatic carboxylic acids is 2. The number of carbonyl (C=O) groups excluding carboxylic acids is 1. The van der Waals surface area contributed by atoms with Gasteiger partial charge in [0.05, 0.1) is 6.42 Å². The van der Waals surface area contributed by atoms with Gasteiger partial charge in [0.1, 0.15) is 18.7 Å². The normalized spacial score (nSPS) is 12.1. The predicted molar refractivity (Wildman–Crippen MR) is 102 cm³/mol. The van der Waals surface area contributed by atoms with Crippen LogP contribution in [0.1, 0.15) is 17.5 Å². The summed E-state index contributed by atoms with van der Waals surface area (Å²) in [5.74, 6) is -2.78. The summed E-state index contributed by atoms with van der Waals surface area (Å²) in [6, 6.07) is 16.5. The van der Waals surface area contributed by atoms with E-state index in [0.29, 0.717) is 6.42 Å². The lowest BCUT2D eigenvalue weighted by Crippen LogP contribution is -2.34. The third-order valence-corrected chi connectivity index (χ3v) is 3.54. The average Bonchev–Trinajstić information content (AvgIpc) is 2.67. The summed E-state index contributed by atoms with van der Waals surface area (Å²) in [6.07, 6.45) is -0.0379. The molecule has 8 heteroatoms. The minimum absolute atomic E-state index is 0.104. The summed E-state index contributed by atoms with van der Waals surface area (Å²) >= 11 is 0. The second kappa shape index (κ2) is 12.2. The van der Waals surface area contributed by atoms with Crippen molar-refractivity contribution in [3.05, 3.63) is 71.8 Å². The average molecular weight is 388 g/mol. The third-order valence-electron chi connectivity index (χ3n) is 3.54. The Morgan fingerprint density at radius 1 is 0.821 bits per heavy atom. The lowest BCUT2D eigenvalue weighted by molar-refractivity contribution is -0.150. The van der Waals surface area contributed by atoms with Crippen molar-refractivity contribution >= 4 is 17.9 Å². The Balaban J connectivity index is 0.000000292. The molecule has 6 N–H and O–H groups in total. The highest BCUT2D eigenvalue weighted by Gasteiger charge is 2.18. The molecule has 2 unspecified atom stereocenters. The van der Waals surface area contributed by atoms with E-state index in [4.69, 9.17) is 26.4 Å². The maximum Gasteiger partial charge on any atom is 0.323 e. The van der Waals surface area contributed by atoms with Crippen LogP contribution >= 0.6 is 0 Å². The van der Waals surface area contributed by atoms with E-state index in [0.717, 1.165) is 11.1 Å². The predicted octanol–water partition coefficient (Wildman–Crippen LogP) is 1.17. The van der Waals surface area contributed by atoms with Crippen molar-refractivity contribution in [1.29, 1.82) is 0 Å². The number of hydrogen-bond acceptors (Lipinski definition) is 6. The summed E-state index contributed by atoms with van der Waals surface area (Å²) in [5, 5.41) is 16.9. The van der Waals surface area contributed by atoms with E-state index >= 15 is 0 Å². The molecule has 0 saturated heterocycles. The van der Waals surface area contributed by atoms with Gasteiger partial charge in [-0.05, 0) is 17.5 Å². The highest BCUT2D eigenvalue weighted by atomic mass is 16.5. The second-order valence-electron chi connectivity index (χ2n) is 5.93. The van der Waals surface area contributed by atoms with E-state index in [1.807, 2.05) is 48.5 Å². The Kier molecular flexibility index (Phi) is 9.95. The molecule has 2 aromatic carbocycles. The van der Waals surface area contributed by atoms with Gasteiger partial charge >= 0.3 is 17.9 Å². The van der Waals surface area contributed by atoms with Gasteiger partial charge in [0.25, 0.3) is 0 Å². The number of carboxylic acid groups (broad SMARTS) is 2. The maximum atomic E-state index is 11.2. The Morgan fingerprint density at radius 3 is 1.79 bits per heavy atom. The fourth-order valence-electron chi connectivity index (χ4n) is 2.06. The van der Waals surface area contributed by atoms with Crippen molar-refractivity contribution < 1.29 is 29.3 Å². The summed E-state index contributed by atoms with van der Waals surface area (Å²) in [4.78, 5) is 31.9. The number of benzene rings is 2. The molecule has 2 aromatic rings. The fourth-order valence-corrected chi connectivity index (χ4v) is 2.06. The maximum absolute atomic E-state index is 11.2. The van der Waals surface area contributed by atoms with Crippen LogP contribution in [0.15, 0.2) is 60.7 Å². The quantitative estimate of drug-likeness (QED) is 0.492. The van der Waals surface area contributed by atoms with Gasteiger partial charge in [-0.1, -0.05) is 60.7 Å². The molecule has 28 heavy (non-hydrogen) atoms. The first-order chi connectivity index (χ1) is 13.3. The smallest absolute Gasteiger partial charge is 0.323 e. The SMILES string of the molecule is NC(CC(=O)O)C(=O)OCc1ccccc1.NC(Cc1ccccc1)C(=O)O. The molecule has 0 aliphatic heterocycles. The monoisotopic (exact) mass is 388 g/mol. The number of carbonyl (C=O) groups is 3. The van der Waals surface area contributed by atoms with Gasteiger partial charge in [0.15, 0.2) is 0 Å². The summed E-state index contributed by atoms with van der Waals surface area (Å²) < 4.78 is 4.86. The van der Waals surface area contributed by atoms with Crippen molar-refractivity contribution in [3.8, 4) is 0 Å². The van der Waals surface area contributed by atoms with E-state index in [-0.39, 0.29) is 6.61 Å². The van der Waals surface area contributed by atoms with Crippen molar-refractivity contribution in [2.45, 2.75) is 31.5 Å². The summed E-state index contributed by atoms with van der Waals surface area (Å²) in [7, 11) is 0. The van der Waals surface area contributed by atoms with Gasteiger partial charge in [-0.3, -0.25) is 14.4 Å². The zero-order chi connectivity index (χ0) is 20.9. The molecule has 0 radical (unpaired) electrons. The molecule has 0 heterocycles. The van der Waals surface area contributed by atoms with Crippen LogP contribution in [0.4, 0.5) is 0 Å². The van der Waals surface area contributed by atoms with Crippen molar-refractivity contribution in [1.82, 2.24) is 0 Å². The first kappa shape index (κ1) is 22.8. The topological polar surface area (TPSA) is 153 Å². The van der Waals surface area contributed by atoms with E-state index in [9.17, 15) is 14.4 Å². The van der Waals surface area contributed by atoms with Crippen LogP contribution < -0.4 is 11.5 Å². The van der Waals surface area contributed by atoms with Gasteiger partial charge in [-0.15, -0.1) is 0 Å². The molecular weight excluding hydrogens is 364 g/mol. The number of rotatable bonds is 8. The van der Waals surface area contributed by atoms with Crippen LogP contribution in [0.25, 0.3) is 0 Å². The van der Waals surface area contributed by atoms with Crippen molar-refractivity contribution in [2.24, 2.45) is 11.5 Å². The molecule has 0 spiro atoms. The Morgan fingerprint density at radius 2 is 1.32 bits per heavy atom. The number of ether oxygens (including phenoxy) is 1. The minimum atomic E-state index is -1.12. The number of carboxylic acids is 2. The molecule has 0 bridgehead atoms. The molecule has 0 aromatic heterocycles. The van der Waals surface area contributed by atoms with Crippen LogP contribution in [-0.4, -0.2) is 40.2 Å². The van der Waals surface area contributed by atoms with Gasteiger partial charge in [-0.25, -0.2) is 0 Å². The summed E-state index contributed by atoms with van der Waals surface area (Å²) in [6.45, 7) is 0.104. The third kappa shape index (κ3) is 9.46. The Labute approximate surface area is 162 Å². The second-order valence-corrected chi connectivity index (χ2v) is 5.93. The zero-order valence-corrected chi connectivity index (χ0v) is 15.2. The van der Waals surface area contributed by atoms with E-state index < -0.39 is 36.4 Å². The Hall–Kier alpha value is -3.23. The molecule has 2 rings (SSSR count). The van der Waals surface area contributed by atoms with Crippen molar-refractivity contribution in [3.63, 3.8) is 0 Å². The number of hydrogen-bond donors (Lipinski definition) is 4. The molecular formula is C20H24N2O6. The Bertz CT molecular complexity index is 752. The van der Waals surface area contributed by atoms with Crippen LogP contribution in [0.3, 0.4) is 0 Å². The largest absolute Gasteiger partial charge is 0.481 e. The van der Waals surface area contributed by atoms with Crippen LogP contribution in [0.5, 0.6) is 0 Å². The molecule has 8 nitrogen and oxygen atoms in total. The number of esters is 1. The van der Waals surface area contributed by atoms with Crippen molar-refractivity contribution in [2.75, 3.05) is 0 Å². The summed E-state index contributed by atoms with van der Waals surface area (Å²) in [5.41, 5.74) is 12.5. The van der Waals surface area contributed by atoms with Crippen LogP contribution in [0.2, 0.25) is 0 Å². The van der Waals surface area contributed by atoms with Gasteiger partial charge in [0.2, 0.25) is 0 Å². The molecule has 0 fully saturated rings. The molecule has 0 aliphatic rings. The van der Waals surface area contributed by atoms with Gasteiger partial charge in [-0.2, -0.15) is 0 Å². The molecule has 0 aliphatic carbocycles. The highest BCUT2D eigenvalue weighted by Crippen LogP contribution is 2.03. The molecule has 0 amide bonds. The molecule has 150 valence electrons. The van der Waals surface area contributed by atoms with Gasteiger partial charge in [0, 0.05) is 0 Å². The highest BCUT2D eigenvalue weighted by molar-refractivity contribution is 5.81. The van der Waals surface area contributed by atoms with Gasteiger partial charge < -0.3 is 26.4 Å². The zero-order valence-electron chi connectivity index (χ0n) is 15.2. The number of nitrogens with two attached hydrogens (primary N) is 2. The lowest BCUT2D eigenvalue weighted by Gasteiger charge is -2.09.